The highest BCUT2D eigenvalue weighted by Crippen LogP contribution is 2.31. The van der Waals surface area contributed by atoms with Crippen molar-refractivity contribution < 1.29 is 0 Å². The fourth-order valence-electron chi connectivity index (χ4n) is 2.29. The first kappa shape index (κ1) is 16.5. The third-order valence-corrected chi connectivity index (χ3v) is 5.70. The number of thiophene rings is 1. The summed E-state index contributed by atoms with van der Waals surface area (Å²) in [6.07, 6.45) is 1.08. The van der Waals surface area contributed by atoms with Gasteiger partial charge in [-0.3, -0.25) is 0 Å². The first-order valence-corrected chi connectivity index (χ1v) is 9.12. The summed E-state index contributed by atoms with van der Waals surface area (Å²) in [6.45, 7) is 7.60. The van der Waals surface area contributed by atoms with Crippen molar-refractivity contribution in [2.24, 2.45) is 0 Å². The van der Waals surface area contributed by atoms with E-state index < -0.39 is 0 Å². The summed E-state index contributed by atoms with van der Waals surface area (Å²) >= 11 is 3.65. The monoisotopic (exact) mass is 323 g/mol. The second kappa shape index (κ2) is 7.38. The van der Waals surface area contributed by atoms with Crippen LogP contribution in [0.25, 0.3) is 0 Å². The number of nitrogens with zero attached hydrogens (tertiary/aromatic N) is 2. The van der Waals surface area contributed by atoms with Gasteiger partial charge in [-0.1, -0.05) is 19.9 Å². The third kappa shape index (κ3) is 4.05. The molecule has 0 bridgehead atoms. The summed E-state index contributed by atoms with van der Waals surface area (Å²) in [5.41, 5.74) is 1.24. The lowest BCUT2D eigenvalue weighted by molar-refractivity contribution is 0.682. The lowest BCUT2D eigenvalue weighted by Gasteiger charge is -2.23. The summed E-state index contributed by atoms with van der Waals surface area (Å²) in [6, 6.07) is 4.79. The number of rotatable bonds is 7. The molecule has 116 valence electrons. The minimum Gasteiger partial charge on any atom is -0.348 e. The Balaban J connectivity index is 2.14. The highest BCUT2D eigenvalue weighted by atomic mass is 32.1. The SMILES string of the molecule is CNCc1sc(N(C)C(C)Cc2cccs2)nc1C(C)C. The van der Waals surface area contributed by atoms with Crippen LogP contribution in [0.15, 0.2) is 17.5 Å². The molecule has 2 aromatic rings. The van der Waals surface area contributed by atoms with Crippen LogP contribution in [0, 0.1) is 0 Å². The van der Waals surface area contributed by atoms with Gasteiger partial charge >= 0.3 is 0 Å². The Kier molecular flexibility index (Phi) is 5.79. The maximum Gasteiger partial charge on any atom is 0.185 e. The van der Waals surface area contributed by atoms with Gasteiger partial charge in [0.1, 0.15) is 0 Å². The molecule has 0 fully saturated rings. The fourth-order valence-corrected chi connectivity index (χ4v) is 4.40. The number of likely N-dealkylation sites (N-methyl/N-ethyl adjacent to an activating group) is 1. The summed E-state index contributed by atoms with van der Waals surface area (Å²) < 4.78 is 0. The molecule has 2 aromatic heterocycles. The van der Waals surface area contributed by atoms with Crippen molar-refractivity contribution >= 4 is 27.8 Å². The van der Waals surface area contributed by atoms with E-state index in [1.807, 2.05) is 29.7 Å². The number of anilines is 1. The number of hydrogen-bond donors (Lipinski definition) is 1. The van der Waals surface area contributed by atoms with Crippen LogP contribution in [-0.4, -0.2) is 25.1 Å². The number of hydrogen-bond acceptors (Lipinski definition) is 5. The van der Waals surface area contributed by atoms with Gasteiger partial charge in [0.25, 0.3) is 0 Å². The second-order valence-electron chi connectivity index (χ2n) is 5.73. The molecule has 0 aliphatic carbocycles. The molecule has 0 aliphatic heterocycles. The van der Waals surface area contributed by atoms with E-state index in [-0.39, 0.29) is 0 Å². The molecule has 0 saturated carbocycles. The van der Waals surface area contributed by atoms with Crippen LogP contribution in [0.5, 0.6) is 0 Å². The smallest absolute Gasteiger partial charge is 0.185 e. The molecule has 21 heavy (non-hydrogen) atoms. The van der Waals surface area contributed by atoms with Gasteiger partial charge in [-0.15, -0.1) is 22.7 Å². The van der Waals surface area contributed by atoms with E-state index in [2.05, 4.69) is 55.5 Å². The van der Waals surface area contributed by atoms with Crippen LogP contribution in [0.1, 0.15) is 42.1 Å². The zero-order valence-electron chi connectivity index (χ0n) is 13.5. The molecule has 0 amide bonds. The highest BCUT2D eigenvalue weighted by molar-refractivity contribution is 7.15. The van der Waals surface area contributed by atoms with Gasteiger partial charge in [0.15, 0.2) is 5.13 Å². The molecule has 3 nitrogen and oxygen atoms in total. The first-order chi connectivity index (χ1) is 10.0. The average Bonchev–Trinajstić information content (AvgIpc) is 3.07. The van der Waals surface area contributed by atoms with Crippen molar-refractivity contribution in [3.05, 3.63) is 33.0 Å². The molecule has 1 atom stereocenters. The molecular weight excluding hydrogens is 298 g/mol. The molecule has 1 N–H and O–H groups in total. The van der Waals surface area contributed by atoms with E-state index >= 15 is 0 Å². The second-order valence-corrected chi connectivity index (χ2v) is 7.83. The Morgan fingerprint density at radius 3 is 2.67 bits per heavy atom. The molecule has 0 aromatic carbocycles. The van der Waals surface area contributed by atoms with Crippen LogP contribution in [0.4, 0.5) is 5.13 Å². The zero-order valence-corrected chi connectivity index (χ0v) is 15.1. The molecule has 0 aliphatic rings. The third-order valence-electron chi connectivity index (χ3n) is 3.64. The van der Waals surface area contributed by atoms with Crippen LogP contribution >= 0.6 is 22.7 Å². The Bertz CT molecular complexity index is 546. The molecule has 5 heteroatoms. The van der Waals surface area contributed by atoms with Crippen molar-refractivity contribution in [1.29, 1.82) is 0 Å². The highest BCUT2D eigenvalue weighted by Gasteiger charge is 2.19. The molecule has 0 radical (unpaired) electrons. The van der Waals surface area contributed by atoms with Crippen LogP contribution in [0.3, 0.4) is 0 Å². The van der Waals surface area contributed by atoms with Gasteiger partial charge in [-0.05, 0) is 31.3 Å². The zero-order chi connectivity index (χ0) is 15.4. The van der Waals surface area contributed by atoms with Crippen molar-refractivity contribution in [3.8, 4) is 0 Å². The van der Waals surface area contributed by atoms with Gasteiger partial charge in [-0.2, -0.15) is 0 Å². The van der Waals surface area contributed by atoms with Crippen molar-refractivity contribution in [1.82, 2.24) is 10.3 Å². The summed E-state index contributed by atoms with van der Waals surface area (Å²) in [7, 11) is 4.15. The van der Waals surface area contributed by atoms with Gasteiger partial charge in [0, 0.05) is 35.8 Å². The Morgan fingerprint density at radius 2 is 2.10 bits per heavy atom. The minimum absolute atomic E-state index is 0.456. The van der Waals surface area contributed by atoms with E-state index in [1.54, 1.807) is 0 Å². The quantitative estimate of drug-likeness (QED) is 0.831. The fraction of sp³-hybridized carbons (Fsp3) is 0.562. The largest absolute Gasteiger partial charge is 0.348 e. The lowest BCUT2D eigenvalue weighted by Crippen LogP contribution is -2.30. The maximum absolute atomic E-state index is 4.89. The van der Waals surface area contributed by atoms with E-state index in [0.717, 1.165) is 18.1 Å². The predicted octanol–water partition coefficient (Wildman–Crippen LogP) is 4.11. The van der Waals surface area contributed by atoms with Crippen molar-refractivity contribution in [2.75, 3.05) is 19.0 Å². The first-order valence-electron chi connectivity index (χ1n) is 7.42. The van der Waals surface area contributed by atoms with Crippen molar-refractivity contribution in [2.45, 2.75) is 45.7 Å². The normalized spacial score (nSPS) is 12.9. The Labute approximate surface area is 136 Å². The maximum atomic E-state index is 4.89. The standard InChI is InChI=1S/C16H25N3S2/c1-11(2)15-14(10-17-4)21-16(18-15)19(5)12(3)9-13-7-6-8-20-13/h6-8,11-12,17H,9-10H2,1-5H3. The van der Waals surface area contributed by atoms with E-state index in [9.17, 15) is 0 Å². The molecule has 2 rings (SSSR count). The van der Waals surface area contributed by atoms with Gasteiger partial charge in [-0.25, -0.2) is 4.98 Å². The van der Waals surface area contributed by atoms with Crippen LogP contribution in [-0.2, 0) is 13.0 Å². The Morgan fingerprint density at radius 1 is 1.33 bits per heavy atom. The minimum atomic E-state index is 0.456. The summed E-state index contributed by atoms with van der Waals surface area (Å²) in [5, 5.41) is 6.53. The summed E-state index contributed by atoms with van der Waals surface area (Å²) in [5.74, 6) is 0.472. The molecule has 0 saturated heterocycles. The average molecular weight is 324 g/mol. The van der Waals surface area contributed by atoms with Gasteiger partial charge < -0.3 is 10.2 Å². The molecular formula is C16H25N3S2. The van der Waals surface area contributed by atoms with E-state index in [0.29, 0.717) is 12.0 Å². The number of thiazole rings is 1. The number of aromatic nitrogens is 1. The predicted molar refractivity (Wildman–Crippen MR) is 94.9 cm³/mol. The van der Waals surface area contributed by atoms with Crippen LogP contribution in [0.2, 0.25) is 0 Å². The molecule has 2 heterocycles. The molecule has 0 spiro atoms. The van der Waals surface area contributed by atoms with E-state index in [4.69, 9.17) is 4.98 Å². The Hall–Kier alpha value is -0.910. The van der Waals surface area contributed by atoms with Crippen LogP contribution < -0.4 is 10.2 Å². The van der Waals surface area contributed by atoms with Gasteiger partial charge in [0.05, 0.1) is 5.69 Å². The topological polar surface area (TPSA) is 28.2 Å². The van der Waals surface area contributed by atoms with Crippen molar-refractivity contribution in [3.63, 3.8) is 0 Å². The van der Waals surface area contributed by atoms with Gasteiger partial charge in [0.2, 0.25) is 0 Å². The lowest BCUT2D eigenvalue weighted by atomic mass is 10.1. The summed E-state index contributed by atoms with van der Waals surface area (Å²) in [4.78, 5) is 10.00. The molecule has 1 unspecified atom stereocenters. The number of nitrogens with one attached hydrogen (secondary N) is 1. The van der Waals surface area contributed by atoms with E-state index in [1.165, 1.54) is 15.4 Å².